The van der Waals surface area contributed by atoms with Crippen molar-refractivity contribution in [3.05, 3.63) is 29.8 Å². The summed E-state index contributed by atoms with van der Waals surface area (Å²) < 4.78 is 31.0. The van der Waals surface area contributed by atoms with Gasteiger partial charge < -0.3 is 14.5 Å². The second kappa shape index (κ2) is 9.13. The SMILES string of the molecule is CC1CCN(C(=O)CN(c2ccc(C(=O)N3CCOCC3)cc2)S(C)(=O)=O)CC1. The lowest BCUT2D eigenvalue weighted by molar-refractivity contribution is -0.130. The highest BCUT2D eigenvalue weighted by atomic mass is 32.2. The molecule has 9 heteroatoms. The first-order valence-electron chi connectivity index (χ1n) is 9.98. The van der Waals surface area contributed by atoms with Crippen LogP contribution in [0.25, 0.3) is 0 Å². The zero-order valence-electron chi connectivity index (χ0n) is 17.0. The summed E-state index contributed by atoms with van der Waals surface area (Å²) in [6.07, 6.45) is 2.96. The lowest BCUT2D eigenvalue weighted by Crippen LogP contribution is -2.45. The van der Waals surface area contributed by atoms with Gasteiger partial charge in [0.2, 0.25) is 15.9 Å². The molecule has 0 spiro atoms. The van der Waals surface area contributed by atoms with Gasteiger partial charge in [0.1, 0.15) is 6.54 Å². The van der Waals surface area contributed by atoms with Gasteiger partial charge in [0.05, 0.1) is 25.2 Å². The molecule has 0 bridgehead atoms. The topological polar surface area (TPSA) is 87.2 Å². The van der Waals surface area contributed by atoms with Crippen LogP contribution in [-0.2, 0) is 19.6 Å². The largest absolute Gasteiger partial charge is 0.378 e. The van der Waals surface area contributed by atoms with E-state index in [1.54, 1.807) is 34.1 Å². The van der Waals surface area contributed by atoms with Gasteiger partial charge in [0.25, 0.3) is 5.91 Å². The van der Waals surface area contributed by atoms with E-state index in [9.17, 15) is 18.0 Å². The molecule has 0 radical (unpaired) electrons. The Labute approximate surface area is 172 Å². The number of sulfonamides is 1. The molecule has 2 aliphatic rings. The molecule has 8 nitrogen and oxygen atoms in total. The van der Waals surface area contributed by atoms with E-state index in [1.807, 2.05) is 0 Å². The van der Waals surface area contributed by atoms with Crippen LogP contribution in [0.15, 0.2) is 24.3 Å². The Bertz CT molecular complexity index is 826. The van der Waals surface area contributed by atoms with Crippen molar-refractivity contribution in [2.45, 2.75) is 19.8 Å². The van der Waals surface area contributed by atoms with Crippen molar-refractivity contribution in [2.24, 2.45) is 5.92 Å². The van der Waals surface area contributed by atoms with Gasteiger partial charge in [-0.1, -0.05) is 6.92 Å². The minimum absolute atomic E-state index is 0.107. The summed E-state index contributed by atoms with van der Waals surface area (Å²) in [4.78, 5) is 28.7. The van der Waals surface area contributed by atoms with E-state index in [-0.39, 0.29) is 18.4 Å². The number of morpholine rings is 1. The molecule has 3 rings (SSSR count). The lowest BCUT2D eigenvalue weighted by atomic mass is 9.99. The van der Waals surface area contributed by atoms with E-state index in [0.717, 1.165) is 23.4 Å². The van der Waals surface area contributed by atoms with Gasteiger partial charge in [-0.05, 0) is 43.0 Å². The van der Waals surface area contributed by atoms with Gasteiger partial charge in [-0.25, -0.2) is 8.42 Å². The van der Waals surface area contributed by atoms with Gasteiger partial charge >= 0.3 is 0 Å². The quantitative estimate of drug-likeness (QED) is 0.710. The average Bonchev–Trinajstić information content (AvgIpc) is 2.72. The minimum atomic E-state index is -3.64. The molecule has 0 saturated carbocycles. The molecule has 160 valence electrons. The number of nitrogens with zero attached hydrogens (tertiary/aromatic N) is 3. The van der Waals surface area contributed by atoms with Crippen molar-refractivity contribution in [1.82, 2.24) is 9.80 Å². The maximum atomic E-state index is 12.7. The zero-order chi connectivity index (χ0) is 21.0. The molecule has 0 N–H and O–H groups in total. The first-order chi connectivity index (χ1) is 13.8. The van der Waals surface area contributed by atoms with Crippen LogP contribution in [-0.4, -0.2) is 82.2 Å². The van der Waals surface area contributed by atoms with E-state index < -0.39 is 10.0 Å². The molecule has 29 heavy (non-hydrogen) atoms. The summed E-state index contributed by atoms with van der Waals surface area (Å²) in [7, 11) is -3.64. The van der Waals surface area contributed by atoms with Gasteiger partial charge in [-0.2, -0.15) is 0 Å². The van der Waals surface area contributed by atoms with Crippen LogP contribution in [0, 0.1) is 5.92 Å². The van der Waals surface area contributed by atoms with Crippen LogP contribution in [0.3, 0.4) is 0 Å². The highest BCUT2D eigenvalue weighted by Crippen LogP contribution is 2.21. The summed E-state index contributed by atoms with van der Waals surface area (Å²) in [5, 5.41) is 0. The first-order valence-corrected chi connectivity index (χ1v) is 11.8. The monoisotopic (exact) mass is 423 g/mol. The number of likely N-dealkylation sites (tertiary alicyclic amines) is 1. The van der Waals surface area contributed by atoms with Gasteiger partial charge in [-0.3, -0.25) is 13.9 Å². The molecule has 0 unspecified atom stereocenters. The van der Waals surface area contributed by atoms with Crippen LogP contribution in [0.2, 0.25) is 0 Å². The third kappa shape index (κ3) is 5.48. The average molecular weight is 424 g/mol. The van der Waals surface area contributed by atoms with Crippen molar-refractivity contribution in [1.29, 1.82) is 0 Å². The number of rotatable bonds is 5. The third-order valence-corrected chi connectivity index (χ3v) is 6.66. The number of ether oxygens (including phenoxy) is 1. The van der Waals surface area contributed by atoms with Crippen molar-refractivity contribution >= 4 is 27.5 Å². The molecule has 0 atom stereocenters. The van der Waals surface area contributed by atoms with Crippen molar-refractivity contribution < 1.29 is 22.7 Å². The number of carbonyl (C=O) groups excluding carboxylic acids is 2. The smallest absolute Gasteiger partial charge is 0.254 e. The fourth-order valence-electron chi connectivity index (χ4n) is 3.60. The van der Waals surface area contributed by atoms with Gasteiger partial charge in [0, 0.05) is 31.7 Å². The highest BCUT2D eigenvalue weighted by Gasteiger charge is 2.26. The Morgan fingerprint density at radius 3 is 2.17 bits per heavy atom. The van der Waals surface area contributed by atoms with Gasteiger partial charge in [0.15, 0.2) is 0 Å². The maximum Gasteiger partial charge on any atom is 0.254 e. The Morgan fingerprint density at radius 1 is 1.03 bits per heavy atom. The Morgan fingerprint density at radius 2 is 1.62 bits per heavy atom. The summed E-state index contributed by atoms with van der Waals surface area (Å²) in [6, 6.07) is 6.39. The Balaban J connectivity index is 1.72. The van der Waals surface area contributed by atoms with E-state index in [1.165, 1.54) is 0 Å². The van der Waals surface area contributed by atoms with E-state index >= 15 is 0 Å². The molecule has 2 amide bonds. The van der Waals surface area contributed by atoms with E-state index in [4.69, 9.17) is 4.74 Å². The number of amides is 2. The van der Waals surface area contributed by atoms with Crippen molar-refractivity contribution in [2.75, 3.05) is 56.5 Å². The molecule has 0 aromatic heterocycles. The molecule has 1 aromatic rings. The number of carbonyl (C=O) groups is 2. The number of anilines is 1. The molecule has 2 saturated heterocycles. The molecule has 0 aliphatic carbocycles. The van der Waals surface area contributed by atoms with Crippen molar-refractivity contribution in [3.63, 3.8) is 0 Å². The lowest BCUT2D eigenvalue weighted by Gasteiger charge is -2.32. The van der Waals surface area contributed by atoms with Crippen LogP contribution in [0.1, 0.15) is 30.1 Å². The van der Waals surface area contributed by atoms with Crippen LogP contribution in [0.4, 0.5) is 5.69 Å². The third-order valence-electron chi connectivity index (χ3n) is 5.52. The summed E-state index contributed by atoms with van der Waals surface area (Å²) in [5.41, 5.74) is 0.866. The number of hydrogen-bond acceptors (Lipinski definition) is 5. The molecule has 1 aromatic carbocycles. The molecular formula is C20H29N3O5S. The normalized spacial score (nSPS) is 18.6. The number of hydrogen-bond donors (Lipinski definition) is 0. The second-order valence-electron chi connectivity index (χ2n) is 7.78. The summed E-state index contributed by atoms with van der Waals surface area (Å²) in [5.74, 6) is 0.279. The second-order valence-corrected chi connectivity index (χ2v) is 9.69. The van der Waals surface area contributed by atoms with E-state index in [2.05, 4.69) is 6.92 Å². The fraction of sp³-hybridized carbons (Fsp3) is 0.600. The standard InChI is InChI=1S/C20H29N3O5S/c1-16-7-9-21(10-8-16)19(24)15-23(29(2,26)27)18-5-3-17(4-6-18)20(25)22-11-13-28-14-12-22/h3-6,16H,7-15H2,1-2H3. The van der Waals surface area contributed by atoms with Crippen molar-refractivity contribution in [3.8, 4) is 0 Å². The predicted molar refractivity (Wildman–Crippen MR) is 110 cm³/mol. The van der Waals surface area contributed by atoms with E-state index in [0.29, 0.717) is 56.6 Å². The molecule has 2 fully saturated rings. The Kier molecular flexibility index (Phi) is 6.79. The number of piperidine rings is 1. The van der Waals surface area contributed by atoms with Crippen LogP contribution >= 0.6 is 0 Å². The highest BCUT2D eigenvalue weighted by molar-refractivity contribution is 7.92. The first kappa shape index (κ1) is 21.6. The zero-order valence-corrected chi connectivity index (χ0v) is 17.9. The Hall–Kier alpha value is -2.13. The molecule has 2 heterocycles. The van der Waals surface area contributed by atoms with Crippen LogP contribution in [0.5, 0.6) is 0 Å². The van der Waals surface area contributed by atoms with Crippen LogP contribution < -0.4 is 4.31 Å². The molecule has 2 aliphatic heterocycles. The van der Waals surface area contributed by atoms with Gasteiger partial charge in [-0.15, -0.1) is 0 Å². The summed E-state index contributed by atoms with van der Waals surface area (Å²) in [6.45, 7) is 5.35. The summed E-state index contributed by atoms with van der Waals surface area (Å²) >= 11 is 0. The fourth-order valence-corrected chi connectivity index (χ4v) is 4.45. The maximum absolute atomic E-state index is 12.7. The minimum Gasteiger partial charge on any atom is -0.378 e. The molecular weight excluding hydrogens is 394 g/mol. The predicted octanol–water partition coefficient (Wildman–Crippen LogP) is 1.18. The number of benzene rings is 1.